The Morgan fingerprint density at radius 2 is 1.60 bits per heavy atom. The summed E-state index contributed by atoms with van der Waals surface area (Å²) in [6, 6.07) is 24.5. The minimum atomic E-state index is 0.0588. The van der Waals surface area contributed by atoms with Crippen molar-refractivity contribution in [3.63, 3.8) is 0 Å². The average Bonchev–Trinajstić information content (AvgIpc) is 2.95. The molecule has 0 aliphatic carbocycles. The third-order valence-corrected chi connectivity index (χ3v) is 5.85. The van der Waals surface area contributed by atoms with Gasteiger partial charge < -0.3 is 0 Å². The van der Waals surface area contributed by atoms with E-state index in [0.29, 0.717) is 0 Å². The van der Waals surface area contributed by atoms with Gasteiger partial charge in [0.1, 0.15) is 0 Å². The van der Waals surface area contributed by atoms with E-state index in [1.165, 1.54) is 5.56 Å². The summed E-state index contributed by atoms with van der Waals surface area (Å²) >= 11 is 1.75. The third kappa shape index (κ3) is 2.06. The van der Waals surface area contributed by atoms with Crippen LogP contribution in [0.15, 0.2) is 77.6 Å². The first-order chi connectivity index (χ1) is 12.2. The van der Waals surface area contributed by atoms with Crippen LogP contribution in [0.5, 0.6) is 0 Å². The second-order valence-electron chi connectivity index (χ2n) is 6.30. The summed E-state index contributed by atoms with van der Waals surface area (Å²) in [4.78, 5) is 14.3. The first-order valence-corrected chi connectivity index (χ1v) is 9.08. The average molecular weight is 341 g/mol. The Morgan fingerprint density at radius 1 is 0.840 bits per heavy atom. The maximum atomic E-state index is 13.1. The molecule has 0 atom stereocenters. The Kier molecular flexibility index (Phi) is 3.06. The first kappa shape index (κ1) is 14.4. The van der Waals surface area contributed by atoms with Gasteiger partial charge in [-0.3, -0.25) is 9.36 Å². The Balaban J connectivity index is 2.06. The van der Waals surface area contributed by atoms with Crippen LogP contribution in [0.2, 0.25) is 0 Å². The SMILES string of the molecule is Cc1cccc(-c2sc3ccccc3n3c(=O)c4ccccc4c2-3)c1. The van der Waals surface area contributed by atoms with Crippen molar-refractivity contribution >= 4 is 32.3 Å². The van der Waals surface area contributed by atoms with Crippen molar-refractivity contribution in [1.82, 2.24) is 4.57 Å². The molecular weight excluding hydrogens is 326 g/mol. The lowest BCUT2D eigenvalue weighted by atomic mass is 10.1. The highest BCUT2D eigenvalue weighted by atomic mass is 32.1. The van der Waals surface area contributed by atoms with Crippen molar-refractivity contribution in [1.29, 1.82) is 0 Å². The molecule has 2 aliphatic heterocycles. The van der Waals surface area contributed by atoms with Gasteiger partial charge in [-0.15, -0.1) is 11.3 Å². The van der Waals surface area contributed by atoms with E-state index in [9.17, 15) is 4.79 Å². The van der Waals surface area contributed by atoms with Gasteiger partial charge in [0, 0.05) is 10.8 Å². The Hall–Kier alpha value is -2.91. The highest BCUT2D eigenvalue weighted by Crippen LogP contribution is 2.40. The normalized spacial score (nSPS) is 11.6. The van der Waals surface area contributed by atoms with Gasteiger partial charge in [0.25, 0.3) is 5.56 Å². The number of benzene rings is 3. The molecule has 3 heteroatoms. The summed E-state index contributed by atoms with van der Waals surface area (Å²) in [5.74, 6) is 0. The van der Waals surface area contributed by atoms with E-state index < -0.39 is 0 Å². The smallest absolute Gasteiger partial charge is 0.263 e. The molecule has 0 aromatic heterocycles. The van der Waals surface area contributed by atoms with Crippen molar-refractivity contribution in [2.75, 3.05) is 0 Å². The number of aromatic nitrogens is 1. The molecule has 0 spiro atoms. The van der Waals surface area contributed by atoms with Crippen molar-refractivity contribution in [3.05, 3.63) is 88.7 Å². The van der Waals surface area contributed by atoms with Gasteiger partial charge in [0.05, 0.1) is 20.8 Å². The number of para-hydroxylation sites is 1. The Bertz CT molecular complexity index is 1280. The van der Waals surface area contributed by atoms with E-state index in [4.69, 9.17) is 0 Å². The largest absolute Gasteiger partial charge is 0.273 e. The van der Waals surface area contributed by atoms with E-state index in [0.717, 1.165) is 37.1 Å². The van der Waals surface area contributed by atoms with Gasteiger partial charge in [-0.2, -0.15) is 0 Å². The molecule has 0 saturated heterocycles. The van der Waals surface area contributed by atoms with Gasteiger partial charge >= 0.3 is 0 Å². The second-order valence-corrected chi connectivity index (χ2v) is 7.36. The standard InChI is InChI=1S/C22H15NOS/c1-14-7-6-8-15(13-14)21-20-16-9-2-3-10-17(16)22(24)23(20)18-11-4-5-12-19(18)25-21/h2-13H,1H3. The highest BCUT2D eigenvalue weighted by molar-refractivity contribution is 7.22. The van der Waals surface area contributed by atoms with Crippen LogP contribution in [0.1, 0.15) is 5.56 Å². The van der Waals surface area contributed by atoms with Crippen LogP contribution < -0.4 is 5.56 Å². The zero-order valence-corrected chi connectivity index (χ0v) is 14.5. The molecule has 25 heavy (non-hydrogen) atoms. The summed E-state index contributed by atoms with van der Waals surface area (Å²) in [7, 11) is 0. The second kappa shape index (κ2) is 5.30. The molecule has 3 aromatic rings. The molecule has 120 valence electrons. The molecule has 2 heterocycles. The molecule has 0 N–H and O–H groups in total. The lowest BCUT2D eigenvalue weighted by molar-refractivity contribution is 1.10. The molecule has 0 saturated carbocycles. The van der Waals surface area contributed by atoms with Crippen LogP contribution in [0.3, 0.4) is 0 Å². The molecule has 0 unspecified atom stereocenters. The van der Waals surface area contributed by atoms with Crippen molar-refractivity contribution in [2.24, 2.45) is 0 Å². The van der Waals surface area contributed by atoms with E-state index in [1.807, 2.05) is 47.0 Å². The predicted octanol–water partition coefficient (Wildman–Crippen LogP) is 5.62. The first-order valence-electron chi connectivity index (χ1n) is 8.26. The third-order valence-electron chi connectivity index (χ3n) is 4.65. The minimum Gasteiger partial charge on any atom is -0.273 e. The topological polar surface area (TPSA) is 22.0 Å². The highest BCUT2D eigenvalue weighted by Gasteiger charge is 2.22. The maximum absolute atomic E-state index is 13.1. The Morgan fingerprint density at radius 3 is 2.44 bits per heavy atom. The van der Waals surface area contributed by atoms with Crippen LogP contribution >= 0.6 is 11.3 Å². The Labute approximate surface area is 148 Å². The van der Waals surface area contributed by atoms with Gasteiger partial charge in [0.2, 0.25) is 0 Å². The number of aryl methyl sites for hydroxylation is 1. The van der Waals surface area contributed by atoms with E-state index in [1.54, 1.807) is 11.3 Å². The summed E-state index contributed by atoms with van der Waals surface area (Å²) in [6.45, 7) is 2.10. The maximum Gasteiger partial charge on any atom is 0.263 e. The summed E-state index contributed by atoms with van der Waals surface area (Å²) in [6.07, 6.45) is 0. The number of nitrogens with zero attached hydrogens (tertiary/aromatic N) is 1. The minimum absolute atomic E-state index is 0.0588. The molecule has 0 fully saturated rings. The molecule has 2 nitrogen and oxygen atoms in total. The van der Waals surface area contributed by atoms with Gasteiger partial charge in [0.15, 0.2) is 0 Å². The van der Waals surface area contributed by atoms with Crippen LogP contribution in [0, 0.1) is 6.92 Å². The quantitative estimate of drug-likeness (QED) is 0.388. The molecule has 0 amide bonds. The monoisotopic (exact) mass is 341 g/mol. The van der Waals surface area contributed by atoms with E-state index in [-0.39, 0.29) is 5.56 Å². The number of fused-ring (bicyclic) bond motifs is 5. The summed E-state index contributed by atoms with van der Waals surface area (Å²) < 4.78 is 3.00. The van der Waals surface area contributed by atoms with Crippen LogP contribution in [0.4, 0.5) is 0 Å². The van der Waals surface area contributed by atoms with Crippen molar-refractivity contribution in [3.8, 4) is 16.1 Å². The fraction of sp³-hybridized carbons (Fsp3) is 0.0455. The van der Waals surface area contributed by atoms with E-state index >= 15 is 0 Å². The fourth-order valence-corrected chi connectivity index (χ4v) is 4.71. The van der Waals surface area contributed by atoms with Crippen LogP contribution in [0.25, 0.3) is 37.1 Å². The molecule has 0 bridgehead atoms. The van der Waals surface area contributed by atoms with Gasteiger partial charge in [-0.25, -0.2) is 0 Å². The van der Waals surface area contributed by atoms with E-state index in [2.05, 4.69) is 37.3 Å². The number of rotatable bonds is 1. The number of hydrogen-bond donors (Lipinski definition) is 0. The predicted molar refractivity (Wildman–Crippen MR) is 106 cm³/mol. The lowest BCUT2D eigenvalue weighted by Crippen LogP contribution is -2.13. The molecule has 5 rings (SSSR count). The van der Waals surface area contributed by atoms with Crippen molar-refractivity contribution < 1.29 is 0 Å². The van der Waals surface area contributed by atoms with Crippen LogP contribution in [-0.4, -0.2) is 4.57 Å². The number of hydrogen-bond acceptors (Lipinski definition) is 2. The van der Waals surface area contributed by atoms with Gasteiger partial charge in [-0.05, 0) is 30.7 Å². The zero-order chi connectivity index (χ0) is 17.0. The fourth-order valence-electron chi connectivity index (χ4n) is 3.54. The summed E-state index contributed by atoms with van der Waals surface area (Å²) in [5, 5.41) is 1.80. The van der Waals surface area contributed by atoms with Crippen molar-refractivity contribution in [2.45, 2.75) is 6.92 Å². The lowest BCUT2D eigenvalue weighted by Gasteiger charge is -2.14. The molecule has 0 radical (unpaired) electrons. The van der Waals surface area contributed by atoms with Gasteiger partial charge in [-0.1, -0.05) is 60.2 Å². The molecule has 3 aromatic carbocycles. The zero-order valence-electron chi connectivity index (χ0n) is 13.7. The molecule has 2 aliphatic rings. The summed E-state index contributed by atoms with van der Waals surface area (Å²) in [5.41, 5.74) is 4.41. The molecular formula is C22H15NOS. The van der Waals surface area contributed by atoms with Crippen LogP contribution in [-0.2, 0) is 0 Å².